The van der Waals surface area contributed by atoms with Crippen molar-refractivity contribution < 1.29 is 9.05 Å². The molecule has 1 unspecified atom stereocenters. The highest BCUT2D eigenvalue weighted by atomic mass is 32.2. The van der Waals surface area contributed by atoms with Gasteiger partial charge in [-0.05, 0) is 56.1 Å². The van der Waals surface area contributed by atoms with E-state index in [-0.39, 0.29) is 16.7 Å². The Morgan fingerprint density at radius 2 is 1.04 bits per heavy atom. The van der Waals surface area contributed by atoms with Gasteiger partial charge in [-0.3, -0.25) is 0 Å². The van der Waals surface area contributed by atoms with E-state index in [0.717, 1.165) is 56.7 Å². The van der Waals surface area contributed by atoms with Gasteiger partial charge in [0.15, 0.2) is 0 Å². The summed E-state index contributed by atoms with van der Waals surface area (Å²) in [6.45, 7) is 29.9. The summed E-state index contributed by atoms with van der Waals surface area (Å²) in [5.74, 6) is 3.61. The minimum Gasteiger partial charge on any atom is -0.426 e. The molecule has 0 N–H and O–H groups in total. The quantitative estimate of drug-likeness (QED) is 0.0939. The maximum Gasteiger partial charge on any atom is 0.384 e. The van der Waals surface area contributed by atoms with Crippen molar-refractivity contribution in [2.24, 2.45) is 0 Å². The number of rotatable bonds is 21. The highest BCUT2D eigenvalue weighted by Gasteiger charge is 2.38. The van der Waals surface area contributed by atoms with Crippen molar-refractivity contribution in [3.05, 3.63) is 57.6 Å². The predicted octanol–water partition coefficient (Wildman–Crippen LogP) is 15.4. The van der Waals surface area contributed by atoms with Crippen LogP contribution in [0, 0.1) is 13.8 Å². The normalized spacial score (nSPS) is 17.0. The van der Waals surface area contributed by atoms with Crippen LogP contribution in [0.5, 0.6) is 11.5 Å². The lowest BCUT2D eigenvalue weighted by Crippen LogP contribution is -2.29. The number of fused-ring (bicyclic) bond motifs is 2. The Morgan fingerprint density at radius 3 is 1.45 bits per heavy atom. The van der Waals surface area contributed by atoms with Gasteiger partial charge in [0.25, 0.3) is 0 Å². The lowest BCUT2D eigenvalue weighted by Gasteiger charge is -2.39. The number of unbranched alkanes of at least 4 members (excludes halogenated alkanes) is 11. The molecule has 3 rings (SSSR count). The van der Waals surface area contributed by atoms with Crippen molar-refractivity contribution >= 4 is 20.3 Å². The second kappa shape index (κ2) is 21.6. The Kier molecular flexibility index (Phi) is 18.7. The number of benzene rings is 2. The van der Waals surface area contributed by atoms with Crippen LogP contribution in [0.2, 0.25) is 0 Å². The van der Waals surface area contributed by atoms with Gasteiger partial charge in [0, 0.05) is 46.5 Å². The molecule has 290 valence electrons. The standard InChI is InChI=1S/C46H78NO2PS/c1-13-16-19-20-21-22-23-24-25-26-29-51-37(6)34-38-39-30-35(4)32-41(45(7,8)9)43(39)48-50(47(27-17-14-2)28-18-15-3)49-44-40(38)31-36(5)33-42(44)46(10,11)12/h30-33,37-38H,13-29,34H2,1-12H3. The molecule has 1 atom stereocenters. The number of thioether (sulfide) groups is 1. The smallest absolute Gasteiger partial charge is 0.384 e. The van der Waals surface area contributed by atoms with E-state index in [4.69, 9.17) is 9.05 Å². The zero-order valence-electron chi connectivity index (χ0n) is 35.3. The van der Waals surface area contributed by atoms with Crippen LogP contribution >= 0.6 is 20.3 Å². The number of hydrogen-bond donors (Lipinski definition) is 0. The fraction of sp³-hybridized carbons (Fsp3) is 0.739. The van der Waals surface area contributed by atoms with Gasteiger partial charge in [-0.2, -0.15) is 11.8 Å². The first-order valence-electron chi connectivity index (χ1n) is 21.0. The lowest BCUT2D eigenvalue weighted by molar-refractivity contribution is 0.330. The molecule has 1 heterocycles. The Bertz CT molecular complexity index is 1230. The van der Waals surface area contributed by atoms with Gasteiger partial charge in [-0.25, -0.2) is 4.67 Å². The van der Waals surface area contributed by atoms with E-state index in [2.05, 4.69) is 124 Å². The lowest BCUT2D eigenvalue weighted by atomic mass is 9.77. The summed E-state index contributed by atoms with van der Waals surface area (Å²) in [6.07, 6.45) is 19.6. The van der Waals surface area contributed by atoms with Gasteiger partial charge < -0.3 is 9.05 Å². The van der Waals surface area contributed by atoms with Crippen molar-refractivity contribution in [1.82, 2.24) is 4.67 Å². The van der Waals surface area contributed by atoms with Gasteiger partial charge in [0.2, 0.25) is 0 Å². The second-order valence-electron chi connectivity index (χ2n) is 17.7. The van der Waals surface area contributed by atoms with Gasteiger partial charge in [-0.1, -0.05) is 175 Å². The van der Waals surface area contributed by atoms with Crippen LogP contribution < -0.4 is 9.05 Å². The molecule has 0 fully saturated rings. The molecule has 5 heteroatoms. The summed E-state index contributed by atoms with van der Waals surface area (Å²) in [6, 6.07) is 9.68. The van der Waals surface area contributed by atoms with Crippen LogP contribution in [0.3, 0.4) is 0 Å². The van der Waals surface area contributed by atoms with Gasteiger partial charge in [-0.15, -0.1) is 0 Å². The highest BCUT2D eigenvalue weighted by molar-refractivity contribution is 7.99. The molecule has 0 aliphatic carbocycles. The molecule has 2 aromatic carbocycles. The monoisotopic (exact) mass is 740 g/mol. The van der Waals surface area contributed by atoms with E-state index in [9.17, 15) is 0 Å². The van der Waals surface area contributed by atoms with Gasteiger partial charge in [0.1, 0.15) is 11.5 Å². The molecule has 1 aliphatic rings. The van der Waals surface area contributed by atoms with Crippen LogP contribution in [-0.4, -0.2) is 28.8 Å². The van der Waals surface area contributed by atoms with E-state index in [0.29, 0.717) is 5.25 Å². The van der Waals surface area contributed by atoms with Gasteiger partial charge in [0.05, 0.1) is 0 Å². The molecule has 0 saturated carbocycles. The van der Waals surface area contributed by atoms with E-state index in [1.165, 1.54) is 103 Å². The first-order valence-corrected chi connectivity index (χ1v) is 23.2. The predicted molar refractivity (Wildman–Crippen MR) is 230 cm³/mol. The maximum atomic E-state index is 7.41. The largest absolute Gasteiger partial charge is 0.426 e. The van der Waals surface area contributed by atoms with Crippen LogP contribution in [-0.2, 0) is 10.8 Å². The molecule has 0 aromatic heterocycles. The summed E-state index contributed by atoms with van der Waals surface area (Å²) in [5.41, 5.74) is 7.87. The third-order valence-electron chi connectivity index (χ3n) is 10.5. The van der Waals surface area contributed by atoms with Crippen LogP contribution in [0.1, 0.15) is 205 Å². The second-order valence-corrected chi connectivity index (χ2v) is 20.6. The number of aryl methyl sites for hydroxylation is 2. The van der Waals surface area contributed by atoms with Gasteiger partial charge >= 0.3 is 8.53 Å². The molecule has 0 radical (unpaired) electrons. The molecular weight excluding hydrogens is 662 g/mol. The Labute approximate surface area is 322 Å². The minimum absolute atomic E-state index is 0.0552. The van der Waals surface area contributed by atoms with E-state index in [1.54, 1.807) is 0 Å². The number of hydrogen-bond acceptors (Lipinski definition) is 4. The Morgan fingerprint density at radius 1 is 0.627 bits per heavy atom. The van der Waals surface area contributed by atoms with Crippen molar-refractivity contribution in [2.45, 2.75) is 201 Å². The summed E-state index contributed by atoms with van der Waals surface area (Å²) in [5, 5.41) is 0.526. The first kappa shape index (κ1) is 44.2. The zero-order chi connectivity index (χ0) is 37.6. The van der Waals surface area contributed by atoms with Crippen molar-refractivity contribution in [1.29, 1.82) is 0 Å². The molecule has 2 aromatic rings. The molecule has 0 spiro atoms. The van der Waals surface area contributed by atoms with Crippen molar-refractivity contribution in [3.63, 3.8) is 0 Å². The maximum absolute atomic E-state index is 7.41. The summed E-state index contributed by atoms with van der Waals surface area (Å²) in [7, 11) is -1.36. The van der Waals surface area contributed by atoms with Crippen LogP contribution in [0.15, 0.2) is 24.3 Å². The molecular formula is C46H78NO2PS. The summed E-state index contributed by atoms with van der Waals surface area (Å²) < 4.78 is 17.4. The SMILES string of the molecule is CCCCCCCCCCCCSC(C)CC1c2cc(C)cc(C(C)(C)C)c2OP(N(CCCC)CCCC)Oc2c1cc(C)cc2C(C)(C)C. The average molecular weight is 740 g/mol. The minimum atomic E-state index is -1.36. The molecule has 3 nitrogen and oxygen atoms in total. The number of nitrogens with zero attached hydrogens (tertiary/aromatic N) is 1. The highest BCUT2D eigenvalue weighted by Crippen LogP contribution is 2.57. The van der Waals surface area contributed by atoms with Crippen LogP contribution in [0.25, 0.3) is 0 Å². The average Bonchev–Trinajstić information content (AvgIpc) is 3.05. The summed E-state index contributed by atoms with van der Waals surface area (Å²) in [4.78, 5) is 0. The molecule has 0 saturated heterocycles. The zero-order valence-corrected chi connectivity index (χ0v) is 37.0. The molecule has 51 heavy (non-hydrogen) atoms. The summed E-state index contributed by atoms with van der Waals surface area (Å²) >= 11 is 2.17. The third-order valence-corrected chi connectivity index (χ3v) is 13.3. The van der Waals surface area contributed by atoms with Crippen molar-refractivity contribution in [2.75, 3.05) is 18.8 Å². The molecule has 0 bridgehead atoms. The Hall–Kier alpha value is -1.22. The van der Waals surface area contributed by atoms with E-state index < -0.39 is 8.53 Å². The van der Waals surface area contributed by atoms with E-state index >= 15 is 0 Å². The third kappa shape index (κ3) is 13.9. The molecule has 0 amide bonds. The fourth-order valence-corrected chi connectivity index (χ4v) is 10.1. The van der Waals surface area contributed by atoms with Crippen molar-refractivity contribution in [3.8, 4) is 11.5 Å². The topological polar surface area (TPSA) is 21.7 Å². The van der Waals surface area contributed by atoms with E-state index in [1.807, 2.05) is 0 Å². The fourth-order valence-electron chi connectivity index (χ4n) is 7.38. The first-order chi connectivity index (χ1) is 24.2. The van der Waals surface area contributed by atoms with Crippen LogP contribution in [0.4, 0.5) is 0 Å². The Balaban J connectivity index is 2.01. The molecule has 1 aliphatic heterocycles.